The molecule has 0 bridgehead atoms. The molecule has 4 nitrogen and oxygen atoms in total. The lowest BCUT2D eigenvalue weighted by Gasteiger charge is -2.08. The number of rotatable bonds is 2. The van der Waals surface area contributed by atoms with Crippen molar-refractivity contribution in [3.63, 3.8) is 0 Å². The second-order valence-corrected chi connectivity index (χ2v) is 4.16. The maximum Gasteiger partial charge on any atom is 0.187 e. The van der Waals surface area contributed by atoms with E-state index < -0.39 is 22.2 Å². The Morgan fingerprint density at radius 3 is 2.33 bits per heavy atom. The van der Waals surface area contributed by atoms with Crippen molar-refractivity contribution in [2.24, 2.45) is 0 Å². The van der Waals surface area contributed by atoms with Crippen LogP contribution in [0.15, 0.2) is 22.0 Å². The SMILES string of the molecule is O=S(O)C1=C(S(=O)O)CCC=C1. The van der Waals surface area contributed by atoms with E-state index in [1.54, 1.807) is 6.08 Å². The Morgan fingerprint density at radius 1 is 1.25 bits per heavy atom. The molecule has 12 heavy (non-hydrogen) atoms. The number of allylic oxidation sites excluding steroid dienone is 3. The third kappa shape index (κ3) is 2.10. The minimum Gasteiger partial charge on any atom is -0.302 e. The van der Waals surface area contributed by atoms with E-state index >= 15 is 0 Å². The zero-order chi connectivity index (χ0) is 9.14. The molecule has 0 aromatic carbocycles. The van der Waals surface area contributed by atoms with Crippen LogP contribution in [0.3, 0.4) is 0 Å². The zero-order valence-electron chi connectivity index (χ0n) is 6.10. The van der Waals surface area contributed by atoms with E-state index in [0.717, 1.165) is 0 Å². The number of hydrogen-bond acceptors (Lipinski definition) is 2. The van der Waals surface area contributed by atoms with Crippen molar-refractivity contribution in [3.8, 4) is 0 Å². The molecule has 2 N–H and O–H groups in total. The lowest BCUT2D eigenvalue weighted by Crippen LogP contribution is -2.04. The Labute approximate surface area is 74.9 Å². The van der Waals surface area contributed by atoms with Gasteiger partial charge in [0.2, 0.25) is 0 Å². The first-order valence-electron chi connectivity index (χ1n) is 3.24. The lowest BCUT2D eigenvalue weighted by atomic mass is 10.2. The van der Waals surface area contributed by atoms with Crippen LogP contribution < -0.4 is 0 Å². The second kappa shape index (κ2) is 4.08. The third-order valence-corrected chi connectivity index (χ3v) is 3.21. The second-order valence-electron chi connectivity index (χ2n) is 2.23. The van der Waals surface area contributed by atoms with Crippen LogP contribution in [0.2, 0.25) is 0 Å². The van der Waals surface area contributed by atoms with Crippen LogP contribution in [0.4, 0.5) is 0 Å². The summed E-state index contributed by atoms with van der Waals surface area (Å²) in [5, 5.41) is 0. The molecule has 0 radical (unpaired) electrons. The van der Waals surface area contributed by atoms with E-state index in [0.29, 0.717) is 12.8 Å². The van der Waals surface area contributed by atoms with Gasteiger partial charge in [0.25, 0.3) is 0 Å². The van der Waals surface area contributed by atoms with Crippen molar-refractivity contribution in [3.05, 3.63) is 22.0 Å². The Kier molecular flexibility index (Phi) is 3.33. The minimum absolute atomic E-state index is 0.0575. The molecular formula is C6H8O4S2. The average molecular weight is 208 g/mol. The predicted molar refractivity (Wildman–Crippen MR) is 46.9 cm³/mol. The quantitative estimate of drug-likeness (QED) is 0.664. The number of hydrogen-bond donors (Lipinski definition) is 2. The van der Waals surface area contributed by atoms with Gasteiger partial charge in [-0.2, -0.15) is 0 Å². The summed E-state index contributed by atoms with van der Waals surface area (Å²) < 4.78 is 38.7. The largest absolute Gasteiger partial charge is 0.302 e. The van der Waals surface area contributed by atoms with E-state index in [9.17, 15) is 8.42 Å². The van der Waals surface area contributed by atoms with Gasteiger partial charge in [0.1, 0.15) is 0 Å². The molecule has 0 amide bonds. The molecule has 1 aliphatic rings. The maximum atomic E-state index is 10.6. The fourth-order valence-electron chi connectivity index (χ4n) is 0.950. The molecule has 2 atom stereocenters. The van der Waals surface area contributed by atoms with Crippen LogP contribution in [0.5, 0.6) is 0 Å². The molecule has 0 fully saturated rings. The van der Waals surface area contributed by atoms with Crippen LogP contribution >= 0.6 is 0 Å². The van der Waals surface area contributed by atoms with Gasteiger partial charge in [0.05, 0.1) is 9.81 Å². The highest BCUT2D eigenvalue weighted by Crippen LogP contribution is 2.22. The highest BCUT2D eigenvalue weighted by atomic mass is 32.2. The Hall–Kier alpha value is -0.300. The van der Waals surface area contributed by atoms with Gasteiger partial charge in [0, 0.05) is 0 Å². The van der Waals surface area contributed by atoms with Gasteiger partial charge in [-0.3, -0.25) is 0 Å². The molecule has 6 heteroatoms. The smallest absolute Gasteiger partial charge is 0.187 e. The van der Waals surface area contributed by atoms with E-state index in [1.165, 1.54) is 6.08 Å². The summed E-state index contributed by atoms with van der Waals surface area (Å²) in [7, 11) is 0. The monoisotopic (exact) mass is 208 g/mol. The fourth-order valence-corrected chi connectivity index (χ4v) is 2.42. The summed E-state index contributed by atoms with van der Waals surface area (Å²) >= 11 is -4.29. The zero-order valence-corrected chi connectivity index (χ0v) is 7.73. The normalized spacial score (nSPS) is 22.5. The molecule has 0 aromatic rings. The van der Waals surface area contributed by atoms with Crippen molar-refractivity contribution < 1.29 is 17.5 Å². The molecule has 0 aromatic heterocycles. The summed E-state index contributed by atoms with van der Waals surface area (Å²) in [5.41, 5.74) is 0. The highest BCUT2D eigenvalue weighted by Gasteiger charge is 2.16. The standard InChI is InChI=1S/C6H8O4S2/c7-11(8)5-3-1-2-4-6(5)12(9)10/h1,3H,2,4H2,(H,7,8)(H,9,10). The van der Waals surface area contributed by atoms with Gasteiger partial charge in [-0.15, -0.1) is 0 Å². The van der Waals surface area contributed by atoms with Gasteiger partial charge in [-0.25, -0.2) is 8.42 Å². The van der Waals surface area contributed by atoms with Crippen LogP contribution in [0.25, 0.3) is 0 Å². The average Bonchev–Trinajstić information content (AvgIpc) is 2.04. The molecular weight excluding hydrogens is 200 g/mol. The Bertz CT molecular complexity index is 292. The Balaban J connectivity index is 3.08. The predicted octanol–water partition coefficient (Wildman–Crippen LogP) is 0.991. The molecule has 0 saturated carbocycles. The van der Waals surface area contributed by atoms with Gasteiger partial charge >= 0.3 is 0 Å². The molecule has 1 aliphatic carbocycles. The topological polar surface area (TPSA) is 74.6 Å². The van der Waals surface area contributed by atoms with Crippen molar-refractivity contribution >= 4 is 22.2 Å². The summed E-state index contributed by atoms with van der Waals surface area (Å²) in [6, 6.07) is 0. The Morgan fingerprint density at radius 2 is 1.92 bits per heavy atom. The van der Waals surface area contributed by atoms with Crippen molar-refractivity contribution in [1.82, 2.24) is 0 Å². The third-order valence-electron chi connectivity index (χ3n) is 1.48. The molecule has 0 aliphatic heterocycles. The van der Waals surface area contributed by atoms with E-state index in [2.05, 4.69) is 0 Å². The molecule has 68 valence electrons. The van der Waals surface area contributed by atoms with Gasteiger partial charge in [0.15, 0.2) is 22.2 Å². The van der Waals surface area contributed by atoms with E-state index in [4.69, 9.17) is 9.11 Å². The summed E-state index contributed by atoms with van der Waals surface area (Å²) in [6.45, 7) is 0. The molecule has 0 spiro atoms. The maximum absolute atomic E-state index is 10.6. The van der Waals surface area contributed by atoms with Crippen molar-refractivity contribution in [2.45, 2.75) is 12.8 Å². The molecule has 2 unspecified atom stereocenters. The van der Waals surface area contributed by atoms with Crippen molar-refractivity contribution in [2.75, 3.05) is 0 Å². The fraction of sp³-hybridized carbons (Fsp3) is 0.333. The summed E-state index contributed by atoms with van der Waals surface area (Å²) in [4.78, 5) is 0.209. The van der Waals surface area contributed by atoms with Gasteiger partial charge < -0.3 is 9.11 Å². The molecule has 0 saturated heterocycles. The molecule has 0 heterocycles. The first-order chi connectivity index (χ1) is 5.63. The highest BCUT2D eigenvalue weighted by molar-refractivity contribution is 7.87. The summed E-state index contributed by atoms with van der Waals surface area (Å²) in [5.74, 6) is 0. The minimum atomic E-state index is -2.16. The summed E-state index contributed by atoms with van der Waals surface area (Å²) in [6.07, 6.45) is 4.15. The van der Waals surface area contributed by atoms with Crippen LogP contribution in [0, 0.1) is 0 Å². The lowest BCUT2D eigenvalue weighted by molar-refractivity contribution is 0.563. The van der Waals surface area contributed by atoms with Crippen LogP contribution in [-0.2, 0) is 22.2 Å². The van der Waals surface area contributed by atoms with Crippen molar-refractivity contribution in [1.29, 1.82) is 0 Å². The van der Waals surface area contributed by atoms with E-state index in [1.807, 2.05) is 0 Å². The van der Waals surface area contributed by atoms with Gasteiger partial charge in [-0.1, -0.05) is 6.08 Å². The van der Waals surface area contributed by atoms with Crippen LogP contribution in [-0.4, -0.2) is 17.5 Å². The first kappa shape index (κ1) is 9.79. The first-order valence-corrected chi connectivity index (χ1v) is 5.45. The molecule has 1 rings (SSSR count). The van der Waals surface area contributed by atoms with Gasteiger partial charge in [-0.05, 0) is 18.9 Å². The van der Waals surface area contributed by atoms with E-state index in [-0.39, 0.29) is 9.81 Å². The van der Waals surface area contributed by atoms with Crippen LogP contribution in [0.1, 0.15) is 12.8 Å².